The first-order valence-corrected chi connectivity index (χ1v) is 7.39. The van der Waals surface area contributed by atoms with E-state index in [9.17, 15) is 0 Å². The average molecular weight is 289 g/mol. The Morgan fingerprint density at radius 3 is 2.52 bits per heavy atom. The van der Waals surface area contributed by atoms with Gasteiger partial charge in [-0.05, 0) is 37.1 Å². The third-order valence-corrected chi connectivity index (χ3v) is 3.46. The molecular weight excluding hydrogens is 266 g/mol. The number of aliphatic hydroxyl groups is 1. The van der Waals surface area contributed by atoms with Gasteiger partial charge in [0, 0.05) is 31.8 Å². The zero-order valence-corrected chi connectivity index (χ0v) is 12.5. The van der Waals surface area contributed by atoms with E-state index < -0.39 is 0 Å². The first-order chi connectivity index (χ1) is 10.3. The molecule has 1 aliphatic carbocycles. The maximum atomic E-state index is 8.65. The van der Waals surface area contributed by atoms with Crippen LogP contribution in [0.4, 0.5) is 0 Å². The summed E-state index contributed by atoms with van der Waals surface area (Å²) in [4.78, 5) is 2.44. The van der Waals surface area contributed by atoms with Crippen LogP contribution in [0.25, 0.3) is 0 Å². The summed E-state index contributed by atoms with van der Waals surface area (Å²) in [6.07, 6.45) is 2.59. The van der Waals surface area contributed by atoms with Crippen LogP contribution in [0.5, 0.6) is 5.75 Å². The van der Waals surface area contributed by atoms with E-state index >= 15 is 0 Å². The van der Waals surface area contributed by atoms with Gasteiger partial charge in [-0.25, -0.2) is 0 Å². The summed E-state index contributed by atoms with van der Waals surface area (Å²) < 4.78 is 10.9. The predicted molar refractivity (Wildman–Crippen MR) is 82.4 cm³/mol. The minimum atomic E-state index is -0.114. The summed E-state index contributed by atoms with van der Waals surface area (Å²) in [6, 6.07) is 8.36. The second-order valence-electron chi connectivity index (χ2n) is 5.09. The Labute approximate surface area is 126 Å². The number of aliphatic hydroxyl groups excluding tert-OH is 1. The Balaban J connectivity index is 1.74. The molecule has 2 rings (SSSR count). The van der Waals surface area contributed by atoms with Gasteiger partial charge in [0.25, 0.3) is 0 Å². The highest BCUT2D eigenvalue weighted by Gasteiger charge is 2.28. The van der Waals surface area contributed by atoms with Crippen molar-refractivity contribution in [2.45, 2.75) is 18.9 Å². The fourth-order valence-electron chi connectivity index (χ4n) is 2.18. The second-order valence-corrected chi connectivity index (χ2v) is 5.09. The summed E-state index contributed by atoms with van der Waals surface area (Å²) in [5.41, 5.74) is 0.885. The topological polar surface area (TPSA) is 41.9 Å². The van der Waals surface area contributed by atoms with Gasteiger partial charge in [0.15, 0.2) is 0 Å². The number of nitrogens with zero attached hydrogens (tertiary/aromatic N) is 1. The lowest BCUT2D eigenvalue weighted by atomic mass is 10.2. The molecule has 4 heteroatoms. The molecule has 21 heavy (non-hydrogen) atoms. The molecule has 1 N–H and O–H groups in total. The average Bonchev–Trinajstić information content (AvgIpc) is 3.34. The molecule has 0 radical (unpaired) electrons. The van der Waals surface area contributed by atoms with Crippen molar-refractivity contribution in [2.24, 2.45) is 0 Å². The number of ether oxygens (including phenoxy) is 2. The van der Waals surface area contributed by atoms with E-state index in [0.717, 1.165) is 37.1 Å². The molecule has 0 bridgehead atoms. The lowest BCUT2D eigenvalue weighted by molar-refractivity contribution is 0.130. The Morgan fingerprint density at radius 1 is 1.19 bits per heavy atom. The largest absolute Gasteiger partial charge is 0.492 e. The van der Waals surface area contributed by atoms with Gasteiger partial charge in [-0.1, -0.05) is 11.8 Å². The van der Waals surface area contributed by atoms with E-state index in [2.05, 4.69) is 16.7 Å². The molecular formula is C17H23NO3. The summed E-state index contributed by atoms with van der Waals surface area (Å²) in [5.74, 6) is 6.35. The standard InChI is InChI=1S/C17H23NO3/c1-20-13-10-18(16-6-7-16)11-14-21-17-8-4-15(5-9-17)3-2-12-19/h4-5,8-9,16,19H,6-7,10-14H2,1H3. The van der Waals surface area contributed by atoms with Gasteiger partial charge in [0.1, 0.15) is 19.0 Å². The van der Waals surface area contributed by atoms with E-state index in [1.165, 1.54) is 12.8 Å². The fraction of sp³-hybridized carbons (Fsp3) is 0.529. The van der Waals surface area contributed by atoms with Crippen LogP contribution >= 0.6 is 0 Å². The number of rotatable bonds is 8. The first-order valence-electron chi connectivity index (χ1n) is 7.39. The lowest BCUT2D eigenvalue weighted by Crippen LogP contribution is -2.33. The Kier molecular flexibility index (Phi) is 6.55. The summed E-state index contributed by atoms with van der Waals surface area (Å²) in [6.45, 7) is 3.24. The van der Waals surface area contributed by atoms with Crippen LogP contribution in [0.2, 0.25) is 0 Å². The van der Waals surface area contributed by atoms with Crippen LogP contribution in [0.1, 0.15) is 18.4 Å². The highest BCUT2D eigenvalue weighted by molar-refractivity contribution is 5.38. The molecule has 1 aromatic carbocycles. The molecule has 4 nitrogen and oxygen atoms in total. The lowest BCUT2D eigenvalue weighted by Gasteiger charge is -2.21. The number of hydrogen-bond donors (Lipinski definition) is 1. The normalized spacial score (nSPS) is 13.9. The van der Waals surface area contributed by atoms with Gasteiger partial charge < -0.3 is 14.6 Å². The van der Waals surface area contributed by atoms with Crippen molar-refractivity contribution < 1.29 is 14.6 Å². The van der Waals surface area contributed by atoms with Crippen LogP contribution in [-0.4, -0.2) is 56.1 Å². The van der Waals surface area contributed by atoms with E-state index in [4.69, 9.17) is 14.6 Å². The third-order valence-electron chi connectivity index (χ3n) is 3.46. The molecule has 0 saturated heterocycles. The van der Waals surface area contributed by atoms with Gasteiger partial charge in [-0.15, -0.1) is 0 Å². The summed E-state index contributed by atoms with van der Waals surface area (Å²) in [5, 5.41) is 8.65. The van der Waals surface area contributed by atoms with Gasteiger partial charge >= 0.3 is 0 Å². The molecule has 1 aromatic rings. The Morgan fingerprint density at radius 2 is 1.90 bits per heavy atom. The number of benzene rings is 1. The third kappa shape index (κ3) is 5.76. The van der Waals surface area contributed by atoms with Crippen LogP contribution in [-0.2, 0) is 4.74 Å². The minimum absolute atomic E-state index is 0.114. The van der Waals surface area contributed by atoms with Crippen LogP contribution in [0, 0.1) is 11.8 Å². The van der Waals surface area contributed by atoms with Crippen LogP contribution in [0.15, 0.2) is 24.3 Å². The highest BCUT2D eigenvalue weighted by Crippen LogP contribution is 2.26. The SMILES string of the molecule is COCCN(CCOc1ccc(C#CCO)cc1)C1CC1. The Hall–Kier alpha value is -1.54. The molecule has 114 valence electrons. The number of hydrogen-bond acceptors (Lipinski definition) is 4. The molecule has 0 aromatic heterocycles. The van der Waals surface area contributed by atoms with Crippen molar-refractivity contribution in [3.8, 4) is 17.6 Å². The molecule has 0 amide bonds. The van der Waals surface area contributed by atoms with Gasteiger partial charge in [-0.2, -0.15) is 0 Å². The summed E-state index contributed by atoms with van der Waals surface area (Å²) >= 11 is 0. The highest BCUT2D eigenvalue weighted by atomic mass is 16.5. The van der Waals surface area contributed by atoms with Crippen molar-refractivity contribution in [3.63, 3.8) is 0 Å². The molecule has 0 spiro atoms. The molecule has 0 heterocycles. The fourth-order valence-corrected chi connectivity index (χ4v) is 2.18. The maximum Gasteiger partial charge on any atom is 0.119 e. The zero-order valence-electron chi connectivity index (χ0n) is 12.5. The van der Waals surface area contributed by atoms with Crippen molar-refractivity contribution in [3.05, 3.63) is 29.8 Å². The monoisotopic (exact) mass is 289 g/mol. The van der Waals surface area contributed by atoms with Crippen molar-refractivity contribution >= 4 is 0 Å². The van der Waals surface area contributed by atoms with E-state index in [-0.39, 0.29) is 6.61 Å². The molecule has 1 aliphatic rings. The van der Waals surface area contributed by atoms with Crippen LogP contribution < -0.4 is 4.74 Å². The maximum absolute atomic E-state index is 8.65. The number of methoxy groups -OCH3 is 1. The molecule has 1 fully saturated rings. The first kappa shape index (κ1) is 15.8. The van der Waals surface area contributed by atoms with Crippen molar-refractivity contribution in [1.29, 1.82) is 0 Å². The van der Waals surface area contributed by atoms with Gasteiger partial charge in [0.05, 0.1) is 6.61 Å². The second kappa shape index (κ2) is 8.68. The van der Waals surface area contributed by atoms with Crippen molar-refractivity contribution in [2.75, 3.05) is 40.0 Å². The van der Waals surface area contributed by atoms with E-state index in [1.807, 2.05) is 24.3 Å². The van der Waals surface area contributed by atoms with Gasteiger partial charge in [-0.3, -0.25) is 4.90 Å². The molecule has 0 atom stereocenters. The predicted octanol–water partition coefficient (Wildman–Crippen LogP) is 1.52. The minimum Gasteiger partial charge on any atom is -0.492 e. The van der Waals surface area contributed by atoms with E-state index in [0.29, 0.717) is 6.61 Å². The smallest absolute Gasteiger partial charge is 0.119 e. The van der Waals surface area contributed by atoms with Crippen molar-refractivity contribution in [1.82, 2.24) is 4.90 Å². The Bertz CT molecular complexity index is 471. The van der Waals surface area contributed by atoms with Crippen LogP contribution in [0.3, 0.4) is 0 Å². The molecule has 0 aliphatic heterocycles. The molecule has 1 saturated carbocycles. The van der Waals surface area contributed by atoms with E-state index in [1.54, 1.807) is 7.11 Å². The molecule has 0 unspecified atom stereocenters. The quantitative estimate of drug-likeness (QED) is 0.737. The summed E-state index contributed by atoms with van der Waals surface area (Å²) in [7, 11) is 1.74. The van der Waals surface area contributed by atoms with Gasteiger partial charge in [0.2, 0.25) is 0 Å². The zero-order chi connectivity index (χ0) is 14.9.